The van der Waals surface area contributed by atoms with Gasteiger partial charge < -0.3 is 24.8 Å². The predicted molar refractivity (Wildman–Crippen MR) is 139 cm³/mol. The van der Waals surface area contributed by atoms with Crippen molar-refractivity contribution in [2.24, 2.45) is 0 Å². The van der Waals surface area contributed by atoms with Gasteiger partial charge in [-0.2, -0.15) is 0 Å². The molecule has 0 aliphatic heterocycles. The van der Waals surface area contributed by atoms with Gasteiger partial charge in [0.1, 0.15) is 0 Å². The Labute approximate surface area is 244 Å². The summed E-state index contributed by atoms with van der Waals surface area (Å²) in [4.78, 5) is 0. The van der Waals surface area contributed by atoms with Crippen LogP contribution in [0.25, 0.3) is 28.3 Å². The van der Waals surface area contributed by atoms with Crippen LogP contribution in [0.15, 0.2) is 103 Å². The minimum Gasteiger partial charge on any atom is -1.00 e. The summed E-state index contributed by atoms with van der Waals surface area (Å²) in [5.41, 5.74) is 12.9. The van der Waals surface area contributed by atoms with Crippen molar-refractivity contribution in [1.29, 1.82) is 0 Å². The monoisotopic (exact) mass is 671 g/mol. The van der Waals surface area contributed by atoms with Gasteiger partial charge in [-0.1, -0.05) is 119 Å². The van der Waals surface area contributed by atoms with Gasteiger partial charge in [-0.3, -0.25) is 0 Å². The average Bonchev–Trinajstić information content (AvgIpc) is 3.49. The second kappa shape index (κ2) is 11.7. The standard InChI is InChI=1S/C33H25.2ClH.Hf/c1-22-17-18-28-27(19-22)20-31-30(28)21-29(23(2)32(31)24-15-9-10-16-24)33(25-11-5-3-6-12-25)26-13-7-4-8-14-26;;;/h3-15,17-19,21H,16H2,1-2H3;2*1H;/q-1;;;/p-2. The second-order valence-electron chi connectivity index (χ2n) is 8.95. The summed E-state index contributed by atoms with van der Waals surface area (Å²) in [6.07, 6.45) is 11.4. The van der Waals surface area contributed by atoms with E-state index in [1.54, 1.807) is 0 Å². The Morgan fingerprint density at radius 2 is 1.39 bits per heavy atom. The van der Waals surface area contributed by atoms with Crippen LogP contribution in [-0.2, 0) is 25.8 Å². The van der Waals surface area contributed by atoms with E-state index in [2.05, 4.69) is 123 Å². The summed E-state index contributed by atoms with van der Waals surface area (Å²) in [6, 6.07) is 30.7. The fourth-order valence-corrected chi connectivity index (χ4v) is 5.24. The Balaban J connectivity index is 0.00000120. The van der Waals surface area contributed by atoms with Crippen LogP contribution in [0, 0.1) is 13.8 Å². The number of allylic oxidation sites excluding steroid dienone is 4. The third kappa shape index (κ3) is 4.90. The average molecular weight is 671 g/mol. The van der Waals surface area contributed by atoms with Crippen LogP contribution in [0.5, 0.6) is 0 Å². The summed E-state index contributed by atoms with van der Waals surface area (Å²) in [5.74, 6) is 0. The number of hydrogen-bond acceptors (Lipinski definition) is 0. The van der Waals surface area contributed by atoms with Crippen molar-refractivity contribution < 1.29 is 50.7 Å². The molecule has 0 atom stereocenters. The second-order valence-corrected chi connectivity index (χ2v) is 8.95. The summed E-state index contributed by atoms with van der Waals surface area (Å²) >= 11 is 0. The van der Waals surface area contributed by atoms with Gasteiger partial charge in [0.05, 0.1) is 0 Å². The fourth-order valence-electron chi connectivity index (χ4n) is 5.24. The molecule has 0 fully saturated rings. The molecule has 2 aliphatic rings. The maximum Gasteiger partial charge on any atom is 0 e. The molecule has 0 nitrogen and oxygen atoms in total. The van der Waals surface area contributed by atoms with Crippen LogP contribution in [0.2, 0.25) is 0 Å². The summed E-state index contributed by atoms with van der Waals surface area (Å²) in [5, 5.41) is 2.54. The van der Waals surface area contributed by atoms with Gasteiger partial charge in [-0.15, -0.1) is 34.1 Å². The van der Waals surface area contributed by atoms with Gasteiger partial charge >= 0.3 is 0 Å². The molecule has 2 aliphatic carbocycles. The molecule has 4 aromatic carbocycles. The molecule has 0 spiro atoms. The first-order valence-electron chi connectivity index (χ1n) is 11.6. The Kier molecular flexibility index (Phi) is 9.17. The summed E-state index contributed by atoms with van der Waals surface area (Å²) in [6.45, 7) is 4.44. The molecule has 0 amide bonds. The molecule has 0 bridgehead atoms. The normalized spacial score (nSPS) is 12.2. The van der Waals surface area contributed by atoms with Crippen LogP contribution in [0.3, 0.4) is 0 Å². The molecular weight excluding hydrogens is 646 g/mol. The number of halogens is 2. The quantitative estimate of drug-likeness (QED) is 0.195. The van der Waals surface area contributed by atoms with Gasteiger partial charge in [-0.25, -0.2) is 0 Å². The van der Waals surface area contributed by atoms with Gasteiger partial charge in [0.2, 0.25) is 0 Å². The van der Waals surface area contributed by atoms with E-state index < -0.39 is 0 Å². The molecule has 0 saturated carbocycles. The van der Waals surface area contributed by atoms with E-state index >= 15 is 0 Å². The minimum atomic E-state index is 0. The van der Waals surface area contributed by atoms with Crippen molar-refractivity contribution in [3.8, 4) is 11.1 Å². The number of fused-ring (bicyclic) bond motifs is 3. The van der Waals surface area contributed by atoms with Gasteiger partial charge in [0.25, 0.3) is 0 Å². The van der Waals surface area contributed by atoms with Crippen molar-refractivity contribution in [1.82, 2.24) is 0 Å². The Hall–Kier alpha value is -2.45. The maximum atomic E-state index is 3.77. The third-order valence-corrected chi connectivity index (χ3v) is 6.80. The third-order valence-electron chi connectivity index (χ3n) is 6.80. The van der Waals surface area contributed by atoms with Crippen molar-refractivity contribution in [3.63, 3.8) is 0 Å². The molecule has 4 aromatic rings. The van der Waals surface area contributed by atoms with E-state index in [9.17, 15) is 0 Å². The first-order chi connectivity index (χ1) is 16.2. The van der Waals surface area contributed by atoms with Crippen LogP contribution >= 0.6 is 0 Å². The number of aryl methyl sites for hydroxylation is 1. The number of rotatable bonds is 3. The summed E-state index contributed by atoms with van der Waals surface area (Å²) in [7, 11) is 0. The molecule has 0 aromatic heterocycles. The number of benzene rings is 4. The SMILES string of the molecule is Cc1ccc2c(c1)[C-]=c1c-2cc(=C(c2ccccc2)c2ccccc2)c(C)c1C1=CC=CC1.[Cl-].[Cl-].[Hf]. The van der Waals surface area contributed by atoms with Crippen molar-refractivity contribution in [2.45, 2.75) is 20.3 Å². The molecule has 178 valence electrons. The largest absolute Gasteiger partial charge is 1.00 e. The Bertz CT molecular complexity index is 1540. The van der Waals surface area contributed by atoms with E-state index in [1.165, 1.54) is 66.1 Å². The van der Waals surface area contributed by atoms with Gasteiger partial charge in [-0.05, 0) is 42.2 Å². The first-order valence-corrected chi connectivity index (χ1v) is 11.6. The predicted octanol–water partition coefficient (Wildman–Crippen LogP) is 0.586. The smallest absolute Gasteiger partial charge is 0 e. The molecule has 0 N–H and O–H groups in total. The van der Waals surface area contributed by atoms with Crippen molar-refractivity contribution in [2.75, 3.05) is 0 Å². The molecule has 36 heavy (non-hydrogen) atoms. The van der Waals surface area contributed by atoms with Crippen molar-refractivity contribution in [3.05, 3.63) is 147 Å². The van der Waals surface area contributed by atoms with Crippen LogP contribution < -0.4 is 35.3 Å². The van der Waals surface area contributed by atoms with Crippen LogP contribution in [-0.4, -0.2) is 0 Å². The fraction of sp³-hybridized carbons (Fsp3) is 0.0909. The Morgan fingerprint density at radius 3 is 1.97 bits per heavy atom. The minimum absolute atomic E-state index is 0. The summed E-state index contributed by atoms with van der Waals surface area (Å²) < 4.78 is 0. The first kappa shape index (κ1) is 28.1. The molecule has 0 heterocycles. The number of hydrogen-bond donors (Lipinski definition) is 0. The van der Waals surface area contributed by atoms with Crippen LogP contribution in [0.4, 0.5) is 0 Å². The maximum absolute atomic E-state index is 3.77. The van der Waals surface area contributed by atoms with Gasteiger partial charge in [0.15, 0.2) is 0 Å². The molecule has 3 heteroatoms. The molecule has 6 rings (SSSR count). The zero-order valence-corrected chi connectivity index (χ0v) is 25.4. The zero-order chi connectivity index (χ0) is 22.4. The van der Waals surface area contributed by atoms with E-state index in [0.717, 1.165) is 6.42 Å². The van der Waals surface area contributed by atoms with E-state index in [1.807, 2.05) is 0 Å². The van der Waals surface area contributed by atoms with E-state index in [-0.39, 0.29) is 50.7 Å². The van der Waals surface area contributed by atoms with Crippen molar-refractivity contribution >= 4 is 17.2 Å². The molecule has 0 radical (unpaired) electrons. The molecule has 0 unspecified atom stereocenters. The molecule has 0 saturated heterocycles. The van der Waals surface area contributed by atoms with Crippen LogP contribution in [0.1, 0.15) is 39.8 Å². The topological polar surface area (TPSA) is 0 Å². The molecular formula is C33H25Cl2Hf-3. The zero-order valence-electron chi connectivity index (χ0n) is 20.3. The van der Waals surface area contributed by atoms with E-state index in [4.69, 9.17) is 0 Å². The van der Waals surface area contributed by atoms with E-state index in [0.29, 0.717) is 0 Å². The van der Waals surface area contributed by atoms with Gasteiger partial charge in [0, 0.05) is 25.8 Å². The Morgan fingerprint density at radius 1 is 0.750 bits per heavy atom.